The van der Waals surface area contributed by atoms with Crippen LogP contribution in [0.25, 0.3) is 11.6 Å². The summed E-state index contributed by atoms with van der Waals surface area (Å²) in [6.45, 7) is 1.92. The molecule has 0 fully saturated rings. The van der Waals surface area contributed by atoms with Crippen molar-refractivity contribution >= 4 is 23.5 Å². The molecular weight excluding hydrogens is 264 g/mol. The summed E-state index contributed by atoms with van der Waals surface area (Å²) in [5.74, 6) is -0.983. The van der Waals surface area contributed by atoms with Crippen LogP contribution in [0.1, 0.15) is 27.0 Å². The van der Waals surface area contributed by atoms with Crippen molar-refractivity contribution in [3.05, 3.63) is 70.8 Å². The molecule has 0 bridgehead atoms. The van der Waals surface area contributed by atoms with Gasteiger partial charge in [0.15, 0.2) is 0 Å². The van der Waals surface area contributed by atoms with Crippen molar-refractivity contribution in [1.29, 1.82) is 0 Å². The molecule has 0 aromatic heterocycles. The molecule has 0 atom stereocenters. The quantitative estimate of drug-likeness (QED) is 0.664. The molecule has 4 N–H and O–H groups in total. The summed E-state index contributed by atoms with van der Waals surface area (Å²) in [5.41, 5.74) is 14.1. The van der Waals surface area contributed by atoms with Crippen molar-refractivity contribution in [3.63, 3.8) is 0 Å². The average molecular weight is 280 g/mol. The monoisotopic (exact) mass is 280 g/mol. The van der Waals surface area contributed by atoms with Crippen LogP contribution >= 0.6 is 0 Å². The Kier molecular flexibility index (Phi) is 4.18. The third-order valence-corrected chi connectivity index (χ3v) is 3.21. The summed E-state index contributed by atoms with van der Waals surface area (Å²) >= 11 is 0. The van der Waals surface area contributed by atoms with Gasteiger partial charge in [-0.1, -0.05) is 36.4 Å². The van der Waals surface area contributed by atoms with Crippen molar-refractivity contribution in [2.24, 2.45) is 11.5 Å². The van der Waals surface area contributed by atoms with Crippen LogP contribution < -0.4 is 11.5 Å². The van der Waals surface area contributed by atoms with Crippen molar-refractivity contribution < 1.29 is 9.59 Å². The summed E-state index contributed by atoms with van der Waals surface area (Å²) in [6.07, 6.45) is 1.70. The molecule has 106 valence electrons. The van der Waals surface area contributed by atoms with Gasteiger partial charge in [0, 0.05) is 11.1 Å². The molecule has 0 radical (unpaired) electrons. The van der Waals surface area contributed by atoms with E-state index in [2.05, 4.69) is 0 Å². The normalized spacial score (nSPS) is 11.2. The molecule has 0 heterocycles. The highest BCUT2D eigenvalue weighted by atomic mass is 16.1. The lowest BCUT2D eigenvalue weighted by Crippen LogP contribution is -2.13. The van der Waals surface area contributed by atoms with Crippen LogP contribution in [0.15, 0.2) is 48.5 Å². The minimum atomic E-state index is -0.497. The maximum atomic E-state index is 11.7. The lowest BCUT2D eigenvalue weighted by molar-refractivity contribution is -0.112. The van der Waals surface area contributed by atoms with Gasteiger partial charge in [0.25, 0.3) is 0 Å². The second-order valence-electron chi connectivity index (χ2n) is 4.72. The van der Waals surface area contributed by atoms with Crippen LogP contribution in [0.3, 0.4) is 0 Å². The summed E-state index contributed by atoms with van der Waals surface area (Å²) in [4.78, 5) is 22.8. The largest absolute Gasteiger partial charge is 0.366 e. The zero-order valence-electron chi connectivity index (χ0n) is 11.7. The van der Waals surface area contributed by atoms with Crippen LogP contribution in [0.5, 0.6) is 0 Å². The van der Waals surface area contributed by atoms with Crippen molar-refractivity contribution in [1.82, 2.24) is 0 Å². The van der Waals surface area contributed by atoms with Gasteiger partial charge in [0.1, 0.15) is 0 Å². The van der Waals surface area contributed by atoms with E-state index in [-0.39, 0.29) is 0 Å². The first-order chi connectivity index (χ1) is 9.99. The maximum Gasteiger partial charge on any atom is 0.249 e. The number of benzene rings is 2. The molecule has 0 spiro atoms. The Morgan fingerprint density at radius 3 is 2.10 bits per heavy atom. The molecule has 4 nitrogen and oxygen atoms in total. The highest BCUT2D eigenvalue weighted by molar-refractivity contribution is 6.23. The number of carbonyl (C=O) groups excluding carboxylic acids is 2. The number of amides is 2. The van der Waals surface area contributed by atoms with E-state index in [0.717, 1.165) is 16.7 Å². The molecule has 2 rings (SSSR count). The van der Waals surface area contributed by atoms with Gasteiger partial charge in [-0.2, -0.15) is 0 Å². The van der Waals surface area contributed by atoms with Gasteiger partial charge in [-0.05, 0) is 41.8 Å². The topological polar surface area (TPSA) is 86.2 Å². The summed E-state index contributed by atoms with van der Waals surface area (Å²) in [5, 5.41) is 0. The fourth-order valence-electron chi connectivity index (χ4n) is 2.07. The third-order valence-electron chi connectivity index (χ3n) is 3.21. The smallest absolute Gasteiger partial charge is 0.249 e. The van der Waals surface area contributed by atoms with Crippen LogP contribution in [-0.2, 0) is 4.79 Å². The Morgan fingerprint density at radius 1 is 0.952 bits per heavy atom. The molecule has 4 heteroatoms. The molecule has 0 aliphatic heterocycles. The molecule has 2 amide bonds. The SMILES string of the molecule is Cc1ccccc1/C(=C\c1ccc(C(N)=O)cc1)C(N)=O. The highest BCUT2D eigenvalue weighted by Gasteiger charge is 2.10. The van der Waals surface area contributed by atoms with Crippen molar-refractivity contribution in [2.75, 3.05) is 0 Å². The Morgan fingerprint density at radius 2 is 1.57 bits per heavy atom. The van der Waals surface area contributed by atoms with E-state index in [9.17, 15) is 9.59 Å². The van der Waals surface area contributed by atoms with E-state index in [1.807, 2.05) is 31.2 Å². The number of nitrogens with two attached hydrogens (primary N) is 2. The maximum absolute atomic E-state index is 11.7. The molecule has 0 aliphatic rings. The van der Waals surface area contributed by atoms with Gasteiger partial charge in [-0.3, -0.25) is 9.59 Å². The van der Waals surface area contributed by atoms with E-state index >= 15 is 0 Å². The molecule has 21 heavy (non-hydrogen) atoms. The van der Waals surface area contributed by atoms with Crippen LogP contribution in [0.4, 0.5) is 0 Å². The van der Waals surface area contributed by atoms with E-state index in [1.165, 1.54) is 0 Å². The average Bonchev–Trinajstić information content (AvgIpc) is 2.46. The lowest BCUT2D eigenvalue weighted by atomic mass is 9.97. The van der Waals surface area contributed by atoms with E-state index < -0.39 is 11.8 Å². The number of primary amides is 2. The van der Waals surface area contributed by atoms with E-state index in [1.54, 1.807) is 30.3 Å². The Balaban J connectivity index is 2.45. The number of aryl methyl sites for hydroxylation is 1. The van der Waals surface area contributed by atoms with Crippen LogP contribution in [0.2, 0.25) is 0 Å². The highest BCUT2D eigenvalue weighted by Crippen LogP contribution is 2.21. The molecule has 0 aliphatic carbocycles. The zero-order chi connectivity index (χ0) is 15.4. The molecular formula is C17H16N2O2. The second kappa shape index (κ2) is 6.05. The van der Waals surface area contributed by atoms with Gasteiger partial charge in [0.2, 0.25) is 11.8 Å². The number of carbonyl (C=O) groups is 2. The summed E-state index contributed by atoms with van der Waals surface area (Å²) in [6, 6.07) is 14.2. The van der Waals surface area contributed by atoms with E-state index in [0.29, 0.717) is 11.1 Å². The predicted octanol–water partition coefficient (Wildman–Crippen LogP) is 2.12. The zero-order valence-corrected chi connectivity index (χ0v) is 11.7. The predicted molar refractivity (Wildman–Crippen MR) is 83.2 cm³/mol. The van der Waals surface area contributed by atoms with Gasteiger partial charge >= 0.3 is 0 Å². The van der Waals surface area contributed by atoms with Gasteiger partial charge in [-0.25, -0.2) is 0 Å². The molecule has 2 aromatic rings. The minimum Gasteiger partial charge on any atom is -0.366 e. The lowest BCUT2D eigenvalue weighted by Gasteiger charge is -2.08. The first-order valence-corrected chi connectivity index (χ1v) is 6.46. The molecule has 2 aromatic carbocycles. The number of hydrogen-bond donors (Lipinski definition) is 2. The Hall–Kier alpha value is -2.88. The third kappa shape index (κ3) is 3.36. The Labute approximate surface area is 123 Å². The van der Waals surface area contributed by atoms with Crippen molar-refractivity contribution in [2.45, 2.75) is 6.92 Å². The van der Waals surface area contributed by atoms with Gasteiger partial charge in [-0.15, -0.1) is 0 Å². The Bertz CT molecular complexity index is 716. The molecule has 0 saturated heterocycles. The fourth-order valence-corrected chi connectivity index (χ4v) is 2.07. The minimum absolute atomic E-state index is 0.420. The first-order valence-electron chi connectivity index (χ1n) is 6.46. The molecule has 0 saturated carbocycles. The van der Waals surface area contributed by atoms with Crippen molar-refractivity contribution in [3.8, 4) is 0 Å². The number of rotatable bonds is 4. The fraction of sp³-hybridized carbons (Fsp3) is 0.0588. The summed E-state index contributed by atoms with van der Waals surface area (Å²) < 4.78 is 0. The standard InChI is InChI=1S/C17H16N2O2/c1-11-4-2-3-5-14(11)15(17(19)21)10-12-6-8-13(9-7-12)16(18)20/h2-10H,1H3,(H2,18,20)(H2,19,21)/b15-10+. The van der Waals surface area contributed by atoms with E-state index in [4.69, 9.17) is 11.5 Å². The van der Waals surface area contributed by atoms with Crippen LogP contribution in [0, 0.1) is 6.92 Å². The van der Waals surface area contributed by atoms with Crippen LogP contribution in [-0.4, -0.2) is 11.8 Å². The molecule has 0 unspecified atom stereocenters. The number of hydrogen-bond acceptors (Lipinski definition) is 2. The van der Waals surface area contributed by atoms with Gasteiger partial charge in [0.05, 0.1) is 0 Å². The van der Waals surface area contributed by atoms with Gasteiger partial charge < -0.3 is 11.5 Å². The summed E-state index contributed by atoms with van der Waals surface area (Å²) in [7, 11) is 0. The first kappa shape index (κ1) is 14.5. The second-order valence-corrected chi connectivity index (χ2v) is 4.72.